The zero-order valence-electron chi connectivity index (χ0n) is 14.1. The maximum Gasteiger partial charge on any atom is 0.227 e. The van der Waals surface area contributed by atoms with Crippen LogP contribution in [0.4, 0.5) is 4.39 Å². The predicted molar refractivity (Wildman–Crippen MR) is 98.0 cm³/mol. The van der Waals surface area contributed by atoms with Gasteiger partial charge in [0, 0.05) is 37.7 Å². The van der Waals surface area contributed by atoms with Gasteiger partial charge in [0.05, 0.1) is 6.42 Å². The minimum Gasteiger partial charge on any atom is -0.341 e. The molecule has 132 valence electrons. The molecule has 0 aromatic heterocycles. The van der Waals surface area contributed by atoms with E-state index >= 15 is 0 Å². The average molecular weight is 361 g/mol. The van der Waals surface area contributed by atoms with Crippen LogP contribution in [0, 0.1) is 5.82 Å². The molecule has 25 heavy (non-hydrogen) atoms. The van der Waals surface area contributed by atoms with Crippen molar-refractivity contribution in [1.29, 1.82) is 0 Å². The number of nitrogens with zero attached hydrogens (tertiary/aromatic N) is 2. The Morgan fingerprint density at radius 3 is 2.56 bits per heavy atom. The molecule has 1 fully saturated rings. The van der Waals surface area contributed by atoms with Crippen LogP contribution in [0.5, 0.6) is 0 Å². The summed E-state index contributed by atoms with van der Waals surface area (Å²) in [6, 6.07) is 14.2. The molecule has 2 aromatic rings. The molecular formula is C20H22ClFN2O. The van der Waals surface area contributed by atoms with Crippen molar-refractivity contribution in [2.45, 2.75) is 19.4 Å². The van der Waals surface area contributed by atoms with Gasteiger partial charge in [0.15, 0.2) is 0 Å². The quantitative estimate of drug-likeness (QED) is 0.829. The van der Waals surface area contributed by atoms with Crippen molar-refractivity contribution in [2.24, 2.45) is 0 Å². The highest BCUT2D eigenvalue weighted by Gasteiger charge is 2.19. The Morgan fingerprint density at radius 2 is 1.80 bits per heavy atom. The van der Waals surface area contributed by atoms with Crippen LogP contribution in [0.25, 0.3) is 0 Å². The molecule has 3 nitrogen and oxygen atoms in total. The van der Waals surface area contributed by atoms with Crippen molar-refractivity contribution in [1.82, 2.24) is 9.80 Å². The number of halogens is 2. The maximum absolute atomic E-state index is 13.3. The van der Waals surface area contributed by atoms with Crippen LogP contribution in [-0.4, -0.2) is 41.9 Å². The highest BCUT2D eigenvalue weighted by atomic mass is 35.5. The van der Waals surface area contributed by atoms with Gasteiger partial charge in [0.2, 0.25) is 5.91 Å². The molecule has 0 bridgehead atoms. The van der Waals surface area contributed by atoms with Crippen molar-refractivity contribution >= 4 is 17.5 Å². The van der Waals surface area contributed by atoms with Gasteiger partial charge < -0.3 is 4.90 Å². The Labute approximate surface area is 153 Å². The van der Waals surface area contributed by atoms with Gasteiger partial charge in [0.1, 0.15) is 5.82 Å². The molecule has 0 spiro atoms. The summed E-state index contributed by atoms with van der Waals surface area (Å²) in [7, 11) is 0. The third-order valence-electron chi connectivity index (χ3n) is 4.51. The highest BCUT2D eigenvalue weighted by Crippen LogP contribution is 2.14. The van der Waals surface area contributed by atoms with Crippen molar-refractivity contribution < 1.29 is 9.18 Å². The molecule has 0 atom stereocenters. The zero-order chi connectivity index (χ0) is 17.6. The second-order valence-corrected chi connectivity index (χ2v) is 6.88. The van der Waals surface area contributed by atoms with Crippen molar-refractivity contribution in [3.05, 3.63) is 70.5 Å². The fourth-order valence-electron chi connectivity index (χ4n) is 3.16. The van der Waals surface area contributed by atoms with E-state index in [0.717, 1.165) is 43.2 Å². The van der Waals surface area contributed by atoms with Gasteiger partial charge in [-0.2, -0.15) is 0 Å². The van der Waals surface area contributed by atoms with Crippen LogP contribution in [0.2, 0.25) is 5.02 Å². The first-order chi connectivity index (χ1) is 12.1. The summed E-state index contributed by atoms with van der Waals surface area (Å²) >= 11 is 5.93. The highest BCUT2D eigenvalue weighted by molar-refractivity contribution is 6.30. The van der Waals surface area contributed by atoms with Gasteiger partial charge in [0.25, 0.3) is 0 Å². The Balaban J connectivity index is 1.54. The molecule has 0 radical (unpaired) electrons. The normalized spacial score (nSPS) is 15.8. The summed E-state index contributed by atoms with van der Waals surface area (Å²) in [5.74, 6) is -0.228. The van der Waals surface area contributed by atoms with E-state index in [9.17, 15) is 9.18 Å². The van der Waals surface area contributed by atoms with Crippen molar-refractivity contribution in [2.75, 3.05) is 26.2 Å². The monoisotopic (exact) mass is 360 g/mol. The fraction of sp³-hybridized carbons (Fsp3) is 0.350. The Kier molecular flexibility index (Phi) is 6.05. The van der Waals surface area contributed by atoms with Crippen molar-refractivity contribution in [3.63, 3.8) is 0 Å². The van der Waals surface area contributed by atoms with Gasteiger partial charge in [-0.1, -0.05) is 35.9 Å². The van der Waals surface area contributed by atoms with Crippen LogP contribution in [0.15, 0.2) is 48.5 Å². The van der Waals surface area contributed by atoms with E-state index in [2.05, 4.69) is 4.90 Å². The summed E-state index contributed by atoms with van der Waals surface area (Å²) in [5.41, 5.74) is 1.95. The second-order valence-electron chi connectivity index (χ2n) is 6.44. The third kappa shape index (κ3) is 5.28. The number of benzene rings is 2. The first kappa shape index (κ1) is 17.9. The molecule has 0 unspecified atom stereocenters. The lowest BCUT2D eigenvalue weighted by atomic mass is 10.1. The molecule has 1 heterocycles. The van der Waals surface area contributed by atoms with E-state index in [1.54, 1.807) is 12.1 Å². The lowest BCUT2D eigenvalue weighted by molar-refractivity contribution is -0.130. The molecule has 1 aliphatic heterocycles. The lowest BCUT2D eigenvalue weighted by Crippen LogP contribution is -2.36. The molecule has 1 aliphatic rings. The van der Waals surface area contributed by atoms with E-state index in [1.807, 2.05) is 29.2 Å². The van der Waals surface area contributed by atoms with Crippen LogP contribution in [0.1, 0.15) is 17.5 Å². The van der Waals surface area contributed by atoms with Crippen LogP contribution in [-0.2, 0) is 17.8 Å². The molecule has 5 heteroatoms. The van der Waals surface area contributed by atoms with E-state index in [0.29, 0.717) is 6.54 Å². The van der Waals surface area contributed by atoms with Crippen LogP contribution >= 0.6 is 11.6 Å². The van der Waals surface area contributed by atoms with Gasteiger partial charge in [-0.15, -0.1) is 0 Å². The van der Waals surface area contributed by atoms with Gasteiger partial charge in [-0.05, 0) is 41.8 Å². The number of carbonyl (C=O) groups is 1. The topological polar surface area (TPSA) is 23.6 Å². The predicted octanol–water partition coefficient (Wildman–Crippen LogP) is 3.76. The summed E-state index contributed by atoms with van der Waals surface area (Å²) in [6.07, 6.45) is 1.21. The van der Waals surface area contributed by atoms with Crippen LogP contribution in [0.3, 0.4) is 0 Å². The minimum absolute atomic E-state index is 0.0685. The smallest absolute Gasteiger partial charge is 0.227 e. The summed E-state index contributed by atoms with van der Waals surface area (Å²) in [5, 5.41) is 0.744. The van der Waals surface area contributed by atoms with Gasteiger partial charge in [-0.3, -0.25) is 9.69 Å². The standard InChI is InChI=1S/C20H22ClFN2O/c21-18-7-5-16(6-8-18)15-23-9-2-10-24(12-11-23)20(25)14-17-3-1-4-19(22)13-17/h1,3-8,13H,2,9-12,14-15H2. The van der Waals surface area contributed by atoms with E-state index in [4.69, 9.17) is 11.6 Å². The second kappa shape index (κ2) is 8.45. The maximum atomic E-state index is 13.3. The SMILES string of the molecule is O=C(Cc1cccc(F)c1)N1CCCN(Cc2ccc(Cl)cc2)CC1. The van der Waals surface area contributed by atoms with Gasteiger partial charge in [-0.25, -0.2) is 4.39 Å². The molecule has 2 aromatic carbocycles. The minimum atomic E-state index is -0.296. The molecule has 1 saturated heterocycles. The van der Waals surface area contributed by atoms with Gasteiger partial charge >= 0.3 is 0 Å². The summed E-state index contributed by atoms with van der Waals surface area (Å²) < 4.78 is 13.3. The first-order valence-electron chi connectivity index (χ1n) is 8.59. The Bertz CT molecular complexity index is 720. The van der Waals surface area contributed by atoms with Crippen molar-refractivity contribution in [3.8, 4) is 0 Å². The summed E-state index contributed by atoms with van der Waals surface area (Å²) in [6.45, 7) is 4.14. The Hall–Kier alpha value is -1.91. The molecule has 0 saturated carbocycles. The fourth-order valence-corrected chi connectivity index (χ4v) is 3.29. The van der Waals surface area contributed by atoms with E-state index < -0.39 is 0 Å². The molecule has 3 rings (SSSR count). The molecular weight excluding hydrogens is 339 g/mol. The molecule has 0 aliphatic carbocycles. The average Bonchev–Trinajstić information content (AvgIpc) is 2.83. The lowest BCUT2D eigenvalue weighted by Gasteiger charge is -2.22. The van der Waals surface area contributed by atoms with E-state index in [-0.39, 0.29) is 18.1 Å². The number of carbonyl (C=O) groups excluding carboxylic acids is 1. The number of amides is 1. The Morgan fingerprint density at radius 1 is 1.00 bits per heavy atom. The molecule has 1 amide bonds. The molecule has 0 N–H and O–H groups in total. The number of hydrogen-bond acceptors (Lipinski definition) is 2. The van der Waals surface area contributed by atoms with E-state index in [1.165, 1.54) is 17.7 Å². The largest absolute Gasteiger partial charge is 0.341 e. The van der Waals surface area contributed by atoms with Crippen LogP contribution < -0.4 is 0 Å². The zero-order valence-corrected chi connectivity index (χ0v) is 14.9. The number of hydrogen-bond donors (Lipinski definition) is 0. The third-order valence-corrected chi connectivity index (χ3v) is 4.76. The number of rotatable bonds is 4. The first-order valence-corrected chi connectivity index (χ1v) is 8.97. The summed E-state index contributed by atoms with van der Waals surface area (Å²) in [4.78, 5) is 16.8.